The Labute approximate surface area is 124 Å². The highest BCUT2D eigenvalue weighted by Crippen LogP contribution is 2.35. The molecule has 0 spiro atoms. The molecule has 3 rings (SSSR count). The molecule has 1 saturated carbocycles. The molecule has 1 aliphatic carbocycles. The van der Waals surface area contributed by atoms with Gasteiger partial charge in [-0.15, -0.1) is 11.3 Å². The van der Waals surface area contributed by atoms with Crippen LogP contribution < -0.4 is 0 Å². The molecule has 5 heteroatoms. The van der Waals surface area contributed by atoms with E-state index in [1.807, 2.05) is 23.9 Å². The van der Waals surface area contributed by atoms with Gasteiger partial charge in [-0.05, 0) is 24.3 Å². The Kier molecular flexibility index (Phi) is 4.50. The first-order chi connectivity index (χ1) is 9.86. The van der Waals surface area contributed by atoms with Gasteiger partial charge in [-0.3, -0.25) is 4.90 Å². The van der Waals surface area contributed by atoms with Gasteiger partial charge < -0.3 is 9.30 Å². The summed E-state index contributed by atoms with van der Waals surface area (Å²) in [6.45, 7) is 3.64. The quantitative estimate of drug-likeness (QED) is 0.749. The number of nitrogens with zero attached hydrogens (tertiary/aromatic N) is 3. The molecule has 0 amide bonds. The number of hydrogen-bond acceptors (Lipinski definition) is 4. The highest BCUT2D eigenvalue weighted by atomic mass is 32.1. The van der Waals surface area contributed by atoms with Crippen molar-refractivity contribution in [1.29, 1.82) is 0 Å². The Hall–Kier alpha value is -1.17. The van der Waals surface area contributed by atoms with Crippen LogP contribution in [0.4, 0.5) is 0 Å². The van der Waals surface area contributed by atoms with E-state index in [1.54, 1.807) is 7.11 Å². The van der Waals surface area contributed by atoms with Gasteiger partial charge in [-0.1, -0.05) is 6.07 Å². The monoisotopic (exact) mass is 291 g/mol. The van der Waals surface area contributed by atoms with Gasteiger partial charge in [0.1, 0.15) is 0 Å². The number of imidazole rings is 1. The van der Waals surface area contributed by atoms with E-state index in [2.05, 4.69) is 32.0 Å². The number of aromatic nitrogens is 2. The zero-order valence-electron chi connectivity index (χ0n) is 11.9. The van der Waals surface area contributed by atoms with Crippen LogP contribution in [-0.4, -0.2) is 34.7 Å². The van der Waals surface area contributed by atoms with E-state index in [0.29, 0.717) is 6.04 Å². The van der Waals surface area contributed by atoms with E-state index in [9.17, 15) is 0 Å². The molecule has 2 aromatic heterocycles. The molecule has 1 aliphatic rings. The predicted molar refractivity (Wildman–Crippen MR) is 80.8 cm³/mol. The third-order valence-electron chi connectivity index (χ3n) is 3.64. The molecule has 0 saturated heterocycles. The van der Waals surface area contributed by atoms with Crippen LogP contribution in [0.25, 0.3) is 0 Å². The molecule has 0 aromatic carbocycles. The summed E-state index contributed by atoms with van der Waals surface area (Å²) in [6, 6.07) is 5.00. The minimum absolute atomic E-state index is 0.693. The maximum atomic E-state index is 5.24. The Morgan fingerprint density at radius 3 is 3.05 bits per heavy atom. The maximum Gasteiger partial charge on any atom is 0.0951 e. The number of hydrogen-bond donors (Lipinski definition) is 0. The zero-order chi connectivity index (χ0) is 13.8. The van der Waals surface area contributed by atoms with Crippen LogP contribution >= 0.6 is 11.3 Å². The average molecular weight is 291 g/mol. The van der Waals surface area contributed by atoms with Gasteiger partial charge in [-0.2, -0.15) is 0 Å². The lowest BCUT2D eigenvalue weighted by atomic mass is 10.3. The number of rotatable bonds is 8. The molecular formula is C15H21N3OS. The highest BCUT2D eigenvalue weighted by Gasteiger charge is 2.25. The minimum Gasteiger partial charge on any atom is -0.383 e. The first-order valence-corrected chi connectivity index (χ1v) is 7.99. The summed E-state index contributed by atoms with van der Waals surface area (Å²) in [5.41, 5.74) is 1.32. The van der Waals surface area contributed by atoms with Crippen LogP contribution in [0.5, 0.6) is 0 Å². The fourth-order valence-corrected chi connectivity index (χ4v) is 3.17. The van der Waals surface area contributed by atoms with Gasteiger partial charge in [0.25, 0.3) is 0 Å². The molecular weight excluding hydrogens is 270 g/mol. The number of thiophene rings is 1. The van der Waals surface area contributed by atoms with Crippen molar-refractivity contribution in [3.63, 3.8) is 0 Å². The summed E-state index contributed by atoms with van der Waals surface area (Å²) >= 11 is 1.82. The summed E-state index contributed by atoms with van der Waals surface area (Å²) in [5.74, 6) is 0. The predicted octanol–water partition coefficient (Wildman–Crippen LogP) is 2.93. The van der Waals surface area contributed by atoms with Gasteiger partial charge in [0.15, 0.2) is 0 Å². The lowest BCUT2D eigenvalue weighted by Gasteiger charge is -2.22. The lowest BCUT2D eigenvalue weighted by Crippen LogP contribution is -2.27. The Bertz CT molecular complexity index is 519. The van der Waals surface area contributed by atoms with E-state index >= 15 is 0 Å². The second-order valence-electron chi connectivity index (χ2n) is 5.31. The molecule has 0 aliphatic heterocycles. The minimum atomic E-state index is 0.693. The fraction of sp³-hybridized carbons (Fsp3) is 0.533. The van der Waals surface area contributed by atoms with Crippen LogP contribution in [0, 0.1) is 0 Å². The van der Waals surface area contributed by atoms with Crippen molar-refractivity contribution in [3.05, 3.63) is 40.6 Å². The van der Waals surface area contributed by atoms with Crippen LogP contribution in [-0.2, 0) is 17.8 Å². The zero-order valence-corrected chi connectivity index (χ0v) is 12.7. The molecule has 0 atom stereocenters. The molecule has 0 unspecified atom stereocenters. The number of ether oxygens (including phenoxy) is 1. The second kappa shape index (κ2) is 6.52. The molecule has 20 heavy (non-hydrogen) atoms. The molecule has 4 nitrogen and oxygen atoms in total. The molecule has 2 heterocycles. The van der Waals surface area contributed by atoms with Crippen LogP contribution in [0.1, 0.15) is 29.5 Å². The summed E-state index contributed by atoms with van der Waals surface area (Å²) in [4.78, 5) is 8.16. The van der Waals surface area contributed by atoms with Crippen molar-refractivity contribution >= 4 is 11.3 Å². The summed E-state index contributed by atoms with van der Waals surface area (Å²) < 4.78 is 7.58. The van der Waals surface area contributed by atoms with Crippen molar-refractivity contribution in [2.24, 2.45) is 0 Å². The standard InChI is InChI=1S/C15H21N3OS/c1-19-7-6-17(11-15-3-2-8-20-15)10-14-9-16-12-18(14)13-4-5-13/h2-3,8-9,12-13H,4-7,10-11H2,1H3. The van der Waals surface area contributed by atoms with E-state index < -0.39 is 0 Å². The summed E-state index contributed by atoms with van der Waals surface area (Å²) in [7, 11) is 1.76. The molecule has 1 fully saturated rings. The van der Waals surface area contributed by atoms with Crippen LogP contribution in [0.3, 0.4) is 0 Å². The molecule has 2 aromatic rings. The van der Waals surface area contributed by atoms with Crippen molar-refractivity contribution in [1.82, 2.24) is 14.5 Å². The summed E-state index contributed by atoms with van der Waals surface area (Å²) in [5, 5.41) is 2.14. The Morgan fingerprint density at radius 1 is 1.45 bits per heavy atom. The highest BCUT2D eigenvalue weighted by molar-refractivity contribution is 7.09. The van der Waals surface area contributed by atoms with Crippen molar-refractivity contribution < 1.29 is 4.74 Å². The van der Waals surface area contributed by atoms with Crippen LogP contribution in [0.15, 0.2) is 30.0 Å². The van der Waals surface area contributed by atoms with Crippen molar-refractivity contribution in [2.75, 3.05) is 20.3 Å². The van der Waals surface area contributed by atoms with Gasteiger partial charge in [0, 0.05) is 43.9 Å². The van der Waals surface area contributed by atoms with Crippen molar-refractivity contribution in [3.8, 4) is 0 Å². The summed E-state index contributed by atoms with van der Waals surface area (Å²) in [6.07, 6.45) is 6.58. The molecule has 0 radical (unpaired) electrons. The molecule has 0 N–H and O–H groups in total. The van der Waals surface area contributed by atoms with Gasteiger partial charge in [0.05, 0.1) is 18.6 Å². The van der Waals surface area contributed by atoms with E-state index in [1.165, 1.54) is 23.4 Å². The fourth-order valence-electron chi connectivity index (χ4n) is 2.42. The molecule has 108 valence electrons. The average Bonchev–Trinajstić information content (AvgIpc) is 2.98. The Morgan fingerprint density at radius 2 is 2.35 bits per heavy atom. The van der Waals surface area contributed by atoms with Gasteiger partial charge in [0.2, 0.25) is 0 Å². The normalized spacial score (nSPS) is 15.1. The first kappa shape index (κ1) is 13.8. The van der Waals surface area contributed by atoms with Gasteiger partial charge in [-0.25, -0.2) is 4.98 Å². The topological polar surface area (TPSA) is 30.3 Å². The van der Waals surface area contributed by atoms with Crippen molar-refractivity contribution in [2.45, 2.75) is 32.0 Å². The smallest absolute Gasteiger partial charge is 0.0951 e. The third kappa shape index (κ3) is 3.48. The van der Waals surface area contributed by atoms with Crippen LogP contribution in [0.2, 0.25) is 0 Å². The van der Waals surface area contributed by atoms with E-state index in [4.69, 9.17) is 4.74 Å². The van der Waals surface area contributed by atoms with Gasteiger partial charge >= 0.3 is 0 Å². The lowest BCUT2D eigenvalue weighted by molar-refractivity contribution is 0.139. The van der Waals surface area contributed by atoms with E-state index in [0.717, 1.165) is 26.2 Å². The Balaban J connectivity index is 1.66. The third-order valence-corrected chi connectivity index (χ3v) is 4.50. The van der Waals surface area contributed by atoms with E-state index in [-0.39, 0.29) is 0 Å². The second-order valence-corrected chi connectivity index (χ2v) is 6.34. The largest absolute Gasteiger partial charge is 0.383 e. The first-order valence-electron chi connectivity index (χ1n) is 7.11. The molecule has 0 bridgehead atoms. The SMILES string of the molecule is COCCN(Cc1cccs1)Cc1cncn1C1CC1. The number of methoxy groups -OCH3 is 1. The maximum absolute atomic E-state index is 5.24.